The molecule has 0 aromatic heterocycles. The first-order valence-corrected chi connectivity index (χ1v) is 8.43. The standard InChI is InChI=1S/C18H24N2O3/c1-23-16-10-4-6-14(12-16)7-5-11-19-17(21)13-20(18(19)22)15-8-2-3-9-15/h4,6,10,12,15H,2-3,5,7-9,11,13H2,1H3. The Kier molecular flexibility index (Phi) is 4.84. The molecule has 0 atom stereocenters. The number of ether oxygens (including phenoxy) is 1. The van der Waals surface area contributed by atoms with Gasteiger partial charge < -0.3 is 9.64 Å². The number of benzene rings is 1. The summed E-state index contributed by atoms with van der Waals surface area (Å²) in [6.07, 6.45) is 6.02. The van der Waals surface area contributed by atoms with Crippen molar-refractivity contribution in [1.82, 2.24) is 9.80 Å². The number of nitrogens with zero attached hydrogens (tertiary/aromatic N) is 2. The van der Waals surface area contributed by atoms with Gasteiger partial charge in [-0.15, -0.1) is 0 Å². The normalized spacial score (nSPS) is 19.0. The van der Waals surface area contributed by atoms with Gasteiger partial charge in [0.25, 0.3) is 0 Å². The fourth-order valence-corrected chi connectivity index (χ4v) is 3.55. The van der Waals surface area contributed by atoms with Crippen LogP contribution < -0.4 is 4.74 Å². The molecule has 3 amide bonds. The summed E-state index contributed by atoms with van der Waals surface area (Å²) in [4.78, 5) is 27.8. The van der Waals surface area contributed by atoms with Crippen molar-refractivity contribution in [3.05, 3.63) is 29.8 Å². The fraction of sp³-hybridized carbons (Fsp3) is 0.556. The molecule has 3 rings (SSSR count). The maximum atomic E-state index is 12.5. The lowest BCUT2D eigenvalue weighted by molar-refractivity contribution is -0.125. The molecule has 0 bridgehead atoms. The molecule has 1 aromatic carbocycles. The number of rotatable bonds is 6. The molecule has 2 aliphatic rings. The number of carbonyl (C=O) groups excluding carboxylic acids is 2. The molecule has 5 heteroatoms. The van der Waals surface area contributed by atoms with Crippen LogP contribution in [0.4, 0.5) is 4.79 Å². The van der Waals surface area contributed by atoms with Gasteiger partial charge in [-0.25, -0.2) is 4.79 Å². The lowest BCUT2D eigenvalue weighted by Gasteiger charge is -2.22. The second-order valence-corrected chi connectivity index (χ2v) is 6.35. The summed E-state index contributed by atoms with van der Waals surface area (Å²) in [6, 6.07) is 8.10. The van der Waals surface area contributed by atoms with E-state index in [1.165, 1.54) is 17.7 Å². The summed E-state index contributed by atoms with van der Waals surface area (Å²) in [6.45, 7) is 0.765. The van der Waals surface area contributed by atoms with Crippen molar-refractivity contribution in [2.24, 2.45) is 0 Å². The molecule has 1 heterocycles. The first-order chi connectivity index (χ1) is 11.2. The summed E-state index contributed by atoms with van der Waals surface area (Å²) in [5, 5.41) is 0. The Morgan fingerprint density at radius 2 is 2.00 bits per heavy atom. The predicted octanol–water partition coefficient (Wildman–Crippen LogP) is 2.83. The SMILES string of the molecule is COc1cccc(CCCN2C(=O)CN(C3CCCC3)C2=O)c1. The minimum Gasteiger partial charge on any atom is -0.497 e. The van der Waals surface area contributed by atoms with Crippen LogP contribution in [0.2, 0.25) is 0 Å². The number of aryl methyl sites for hydroxylation is 1. The minimum absolute atomic E-state index is 0.0486. The van der Waals surface area contributed by atoms with Crippen LogP contribution in [0.25, 0.3) is 0 Å². The van der Waals surface area contributed by atoms with Crippen LogP contribution in [0.5, 0.6) is 5.75 Å². The Labute approximate surface area is 137 Å². The molecule has 0 spiro atoms. The maximum absolute atomic E-state index is 12.5. The first-order valence-electron chi connectivity index (χ1n) is 8.43. The molecule has 124 valence electrons. The third-order valence-electron chi connectivity index (χ3n) is 4.83. The van der Waals surface area contributed by atoms with Crippen LogP contribution in [0, 0.1) is 0 Å². The van der Waals surface area contributed by atoms with Gasteiger partial charge in [0.05, 0.1) is 7.11 Å². The van der Waals surface area contributed by atoms with E-state index in [0.717, 1.165) is 37.0 Å². The number of hydrogen-bond acceptors (Lipinski definition) is 3. The van der Waals surface area contributed by atoms with E-state index in [-0.39, 0.29) is 24.5 Å². The topological polar surface area (TPSA) is 49.9 Å². The number of urea groups is 1. The average molecular weight is 316 g/mol. The monoisotopic (exact) mass is 316 g/mol. The van der Waals surface area contributed by atoms with E-state index in [1.807, 2.05) is 24.3 Å². The third kappa shape index (κ3) is 3.49. The van der Waals surface area contributed by atoms with E-state index in [1.54, 1.807) is 12.0 Å². The summed E-state index contributed by atoms with van der Waals surface area (Å²) < 4.78 is 5.21. The molecule has 23 heavy (non-hydrogen) atoms. The van der Waals surface area contributed by atoms with Gasteiger partial charge in [0, 0.05) is 12.6 Å². The summed E-state index contributed by atoms with van der Waals surface area (Å²) in [5.74, 6) is 0.788. The lowest BCUT2D eigenvalue weighted by atomic mass is 10.1. The van der Waals surface area contributed by atoms with Crippen LogP contribution in [0.1, 0.15) is 37.7 Å². The van der Waals surface area contributed by atoms with Gasteiger partial charge in [-0.05, 0) is 43.4 Å². The molecule has 0 N–H and O–H groups in total. The molecule has 1 saturated carbocycles. The Bertz CT molecular complexity index is 581. The summed E-state index contributed by atoms with van der Waals surface area (Å²) in [7, 11) is 1.65. The van der Waals surface area contributed by atoms with E-state index in [0.29, 0.717) is 6.54 Å². The first kappa shape index (κ1) is 15.8. The van der Waals surface area contributed by atoms with E-state index < -0.39 is 0 Å². The van der Waals surface area contributed by atoms with Gasteiger partial charge >= 0.3 is 6.03 Å². The quantitative estimate of drug-likeness (QED) is 0.758. The van der Waals surface area contributed by atoms with Crippen molar-refractivity contribution in [2.45, 2.75) is 44.6 Å². The van der Waals surface area contributed by atoms with Crippen molar-refractivity contribution in [3.8, 4) is 5.75 Å². The molecule has 1 aliphatic carbocycles. The number of amides is 3. The second kappa shape index (κ2) is 7.02. The zero-order chi connectivity index (χ0) is 16.2. The number of carbonyl (C=O) groups is 2. The van der Waals surface area contributed by atoms with Crippen LogP contribution >= 0.6 is 0 Å². The highest BCUT2D eigenvalue weighted by Gasteiger charge is 2.39. The Hall–Kier alpha value is -2.04. The Balaban J connectivity index is 1.53. The second-order valence-electron chi connectivity index (χ2n) is 6.35. The summed E-state index contributed by atoms with van der Waals surface area (Å²) >= 11 is 0. The van der Waals surface area contributed by atoms with Crippen molar-refractivity contribution in [3.63, 3.8) is 0 Å². The number of imide groups is 1. The molecule has 1 saturated heterocycles. The van der Waals surface area contributed by atoms with Crippen molar-refractivity contribution >= 4 is 11.9 Å². The van der Waals surface area contributed by atoms with Gasteiger partial charge in [0.15, 0.2) is 0 Å². The zero-order valence-corrected chi connectivity index (χ0v) is 13.7. The minimum atomic E-state index is -0.0902. The molecule has 1 aliphatic heterocycles. The molecule has 1 aromatic rings. The van der Waals surface area contributed by atoms with E-state index in [2.05, 4.69) is 0 Å². The van der Waals surface area contributed by atoms with Gasteiger partial charge in [-0.1, -0.05) is 25.0 Å². The van der Waals surface area contributed by atoms with Crippen molar-refractivity contribution in [1.29, 1.82) is 0 Å². The molecule has 0 radical (unpaired) electrons. The molecular weight excluding hydrogens is 292 g/mol. The Morgan fingerprint density at radius 1 is 1.22 bits per heavy atom. The fourth-order valence-electron chi connectivity index (χ4n) is 3.55. The van der Waals surface area contributed by atoms with E-state index in [9.17, 15) is 9.59 Å². The predicted molar refractivity (Wildman–Crippen MR) is 87.4 cm³/mol. The average Bonchev–Trinajstić information content (AvgIpc) is 3.18. The van der Waals surface area contributed by atoms with Gasteiger partial charge in [0.1, 0.15) is 12.3 Å². The van der Waals surface area contributed by atoms with Gasteiger partial charge in [-0.3, -0.25) is 9.69 Å². The zero-order valence-electron chi connectivity index (χ0n) is 13.7. The summed E-state index contributed by atoms with van der Waals surface area (Å²) in [5.41, 5.74) is 1.16. The van der Waals surface area contributed by atoms with Crippen molar-refractivity contribution < 1.29 is 14.3 Å². The largest absolute Gasteiger partial charge is 0.497 e. The van der Waals surface area contributed by atoms with Crippen LogP contribution in [0.3, 0.4) is 0 Å². The van der Waals surface area contributed by atoms with Crippen molar-refractivity contribution in [2.75, 3.05) is 20.2 Å². The number of hydrogen-bond donors (Lipinski definition) is 0. The number of methoxy groups -OCH3 is 1. The van der Waals surface area contributed by atoms with Crippen LogP contribution in [0.15, 0.2) is 24.3 Å². The smallest absolute Gasteiger partial charge is 0.327 e. The highest BCUT2D eigenvalue weighted by Crippen LogP contribution is 2.27. The van der Waals surface area contributed by atoms with Gasteiger partial charge in [0.2, 0.25) is 5.91 Å². The van der Waals surface area contributed by atoms with Gasteiger partial charge in [-0.2, -0.15) is 0 Å². The molecule has 2 fully saturated rings. The molecule has 0 unspecified atom stereocenters. The van der Waals surface area contributed by atoms with Crippen LogP contribution in [-0.2, 0) is 11.2 Å². The molecular formula is C18H24N2O3. The molecule has 5 nitrogen and oxygen atoms in total. The van der Waals surface area contributed by atoms with Crippen LogP contribution in [-0.4, -0.2) is 48.0 Å². The lowest BCUT2D eigenvalue weighted by Crippen LogP contribution is -2.38. The Morgan fingerprint density at radius 3 is 2.74 bits per heavy atom. The highest BCUT2D eigenvalue weighted by molar-refractivity contribution is 6.02. The van der Waals surface area contributed by atoms with E-state index in [4.69, 9.17) is 4.74 Å². The van der Waals surface area contributed by atoms with E-state index >= 15 is 0 Å². The third-order valence-corrected chi connectivity index (χ3v) is 4.83. The highest BCUT2D eigenvalue weighted by atomic mass is 16.5. The maximum Gasteiger partial charge on any atom is 0.327 e.